The Morgan fingerprint density at radius 1 is 1.56 bits per heavy atom. The molecule has 2 aromatic heterocycles. The number of aromatic nitrogens is 1. The molecular formula is C13H16N2OS2. The van der Waals surface area contributed by atoms with Crippen LogP contribution >= 0.6 is 22.7 Å². The number of thiophene rings is 1. The molecule has 0 aliphatic carbocycles. The summed E-state index contributed by atoms with van der Waals surface area (Å²) in [6, 6.07) is 4.46. The summed E-state index contributed by atoms with van der Waals surface area (Å²) in [4.78, 5) is 19.7. The summed E-state index contributed by atoms with van der Waals surface area (Å²) >= 11 is 3.21. The van der Waals surface area contributed by atoms with E-state index in [2.05, 4.69) is 34.3 Å². The number of carbonyl (C=O) groups is 1. The highest BCUT2D eigenvalue weighted by Crippen LogP contribution is 2.32. The van der Waals surface area contributed by atoms with Crippen molar-refractivity contribution in [3.05, 3.63) is 33.0 Å². The quantitative estimate of drug-likeness (QED) is 0.782. The summed E-state index contributed by atoms with van der Waals surface area (Å²) in [5, 5.41) is 2.99. The molecule has 0 saturated carbocycles. The van der Waals surface area contributed by atoms with Crippen LogP contribution in [-0.4, -0.2) is 18.3 Å². The Morgan fingerprint density at radius 2 is 2.33 bits per heavy atom. The van der Waals surface area contributed by atoms with Gasteiger partial charge in [0.1, 0.15) is 0 Å². The fraction of sp³-hybridized carbons (Fsp3) is 0.385. The first-order chi connectivity index (χ1) is 8.67. The Labute approximate surface area is 115 Å². The third kappa shape index (κ3) is 2.47. The minimum absolute atomic E-state index is 0.278. The zero-order chi connectivity index (χ0) is 13.1. The Balaban J connectivity index is 2.25. The van der Waals surface area contributed by atoms with E-state index in [9.17, 15) is 4.79 Å². The highest BCUT2D eigenvalue weighted by Gasteiger charge is 2.18. The number of hydrogen-bond acceptors (Lipinski definition) is 5. The summed E-state index contributed by atoms with van der Waals surface area (Å²) in [5.74, 6) is 0. The normalized spacial score (nSPS) is 12.4. The van der Waals surface area contributed by atoms with E-state index in [0.717, 1.165) is 28.4 Å². The minimum atomic E-state index is 0.278. The van der Waals surface area contributed by atoms with Gasteiger partial charge in [-0.1, -0.05) is 24.3 Å². The first kappa shape index (κ1) is 13.2. The van der Waals surface area contributed by atoms with Gasteiger partial charge in [-0.3, -0.25) is 4.79 Å². The fourth-order valence-corrected chi connectivity index (χ4v) is 3.57. The van der Waals surface area contributed by atoms with Crippen LogP contribution < -0.4 is 4.90 Å². The molecule has 2 heterocycles. The second-order valence-electron chi connectivity index (χ2n) is 4.08. The van der Waals surface area contributed by atoms with Crippen molar-refractivity contribution in [2.24, 2.45) is 0 Å². The van der Waals surface area contributed by atoms with Crippen LogP contribution in [0.1, 0.15) is 40.1 Å². The van der Waals surface area contributed by atoms with E-state index in [4.69, 9.17) is 0 Å². The van der Waals surface area contributed by atoms with Crippen LogP contribution in [0, 0.1) is 0 Å². The summed E-state index contributed by atoms with van der Waals surface area (Å²) < 4.78 is 0. The van der Waals surface area contributed by atoms with Crippen molar-refractivity contribution in [3.63, 3.8) is 0 Å². The Bertz CT molecular complexity index is 519. The molecule has 2 rings (SSSR count). The maximum Gasteiger partial charge on any atom is 0.186 e. The van der Waals surface area contributed by atoms with Crippen LogP contribution in [0.25, 0.3) is 0 Å². The van der Waals surface area contributed by atoms with Gasteiger partial charge >= 0.3 is 0 Å². The lowest BCUT2D eigenvalue weighted by Gasteiger charge is -2.23. The second kappa shape index (κ2) is 5.63. The predicted octanol–water partition coefficient (Wildman–Crippen LogP) is 3.78. The standard InChI is InChI=1S/C13H16N2OS2/c1-4-10-12(8-16)18-13(14-10)15(3)9(2)11-6-5-7-17-11/h5-9H,4H2,1-3H3. The summed E-state index contributed by atoms with van der Waals surface area (Å²) in [6.45, 7) is 4.17. The monoisotopic (exact) mass is 280 g/mol. The zero-order valence-corrected chi connectivity index (χ0v) is 12.3. The predicted molar refractivity (Wildman–Crippen MR) is 78.0 cm³/mol. The molecule has 0 aliphatic heterocycles. The number of aryl methyl sites for hydroxylation is 1. The van der Waals surface area contributed by atoms with Crippen LogP contribution in [0.4, 0.5) is 5.13 Å². The van der Waals surface area contributed by atoms with Crippen molar-refractivity contribution in [3.8, 4) is 0 Å². The topological polar surface area (TPSA) is 33.2 Å². The average molecular weight is 280 g/mol. The van der Waals surface area contributed by atoms with Gasteiger partial charge in [-0.2, -0.15) is 0 Å². The van der Waals surface area contributed by atoms with Crippen molar-refractivity contribution in [1.82, 2.24) is 4.98 Å². The second-order valence-corrected chi connectivity index (χ2v) is 6.07. The van der Waals surface area contributed by atoms with Gasteiger partial charge in [0.15, 0.2) is 11.4 Å². The highest BCUT2D eigenvalue weighted by molar-refractivity contribution is 7.17. The molecular weight excluding hydrogens is 264 g/mol. The van der Waals surface area contributed by atoms with E-state index >= 15 is 0 Å². The lowest BCUT2D eigenvalue weighted by molar-refractivity contribution is 0.112. The number of thiazole rings is 1. The lowest BCUT2D eigenvalue weighted by Crippen LogP contribution is -2.20. The maximum absolute atomic E-state index is 11.0. The zero-order valence-electron chi connectivity index (χ0n) is 10.7. The summed E-state index contributed by atoms with van der Waals surface area (Å²) in [6.07, 6.45) is 1.70. The number of anilines is 1. The molecule has 0 bridgehead atoms. The fourth-order valence-electron chi connectivity index (χ4n) is 1.73. The molecule has 3 nitrogen and oxygen atoms in total. The molecule has 0 aliphatic rings. The smallest absolute Gasteiger partial charge is 0.186 e. The molecule has 0 radical (unpaired) electrons. The van der Waals surface area contributed by atoms with Gasteiger partial charge in [0.05, 0.1) is 16.6 Å². The minimum Gasteiger partial charge on any atom is -0.344 e. The van der Waals surface area contributed by atoms with E-state index in [0.29, 0.717) is 0 Å². The molecule has 0 saturated heterocycles. The van der Waals surface area contributed by atoms with Crippen LogP contribution in [0.2, 0.25) is 0 Å². The molecule has 0 spiro atoms. The molecule has 0 fully saturated rings. The molecule has 1 unspecified atom stereocenters. The van der Waals surface area contributed by atoms with Gasteiger partial charge in [0, 0.05) is 11.9 Å². The molecule has 0 aromatic carbocycles. The van der Waals surface area contributed by atoms with Crippen molar-refractivity contribution < 1.29 is 4.79 Å². The Kier molecular flexibility index (Phi) is 4.14. The SMILES string of the molecule is CCc1nc(N(C)C(C)c2cccs2)sc1C=O. The number of carbonyl (C=O) groups excluding carboxylic acids is 1. The maximum atomic E-state index is 11.0. The molecule has 2 aromatic rings. The first-order valence-corrected chi connectivity index (χ1v) is 7.58. The van der Waals surface area contributed by atoms with Gasteiger partial charge in [-0.25, -0.2) is 4.98 Å². The number of rotatable bonds is 5. The van der Waals surface area contributed by atoms with Gasteiger partial charge in [0.25, 0.3) is 0 Å². The van der Waals surface area contributed by atoms with E-state index < -0.39 is 0 Å². The van der Waals surface area contributed by atoms with Gasteiger partial charge < -0.3 is 4.90 Å². The van der Waals surface area contributed by atoms with Gasteiger partial charge in [-0.15, -0.1) is 11.3 Å². The van der Waals surface area contributed by atoms with E-state index in [-0.39, 0.29) is 6.04 Å². The van der Waals surface area contributed by atoms with Crippen LogP contribution in [0.15, 0.2) is 17.5 Å². The summed E-state index contributed by atoms with van der Waals surface area (Å²) in [5.41, 5.74) is 0.898. The average Bonchev–Trinajstić information content (AvgIpc) is 3.05. The molecule has 96 valence electrons. The molecule has 0 N–H and O–H groups in total. The molecule has 5 heteroatoms. The van der Waals surface area contributed by atoms with Gasteiger partial charge in [-0.05, 0) is 24.8 Å². The Hall–Kier alpha value is -1.20. The van der Waals surface area contributed by atoms with E-state index in [1.54, 1.807) is 11.3 Å². The van der Waals surface area contributed by atoms with Crippen LogP contribution in [-0.2, 0) is 6.42 Å². The molecule has 1 atom stereocenters. The largest absolute Gasteiger partial charge is 0.344 e. The molecule has 18 heavy (non-hydrogen) atoms. The third-order valence-electron chi connectivity index (χ3n) is 3.00. The molecule has 0 amide bonds. The van der Waals surface area contributed by atoms with Crippen molar-refractivity contribution in [1.29, 1.82) is 0 Å². The van der Waals surface area contributed by atoms with Crippen molar-refractivity contribution >= 4 is 34.1 Å². The van der Waals surface area contributed by atoms with Crippen molar-refractivity contribution in [2.45, 2.75) is 26.3 Å². The number of aldehydes is 1. The van der Waals surface area contributed by atoms with Gasteiger partial charge in [0.2, 0.25) is 0 Å². The van der Waals surface area contributed by atoms with Crippen LogP contribution in [0.5, 0.6) is 0 Å². The lowest BCUT2D eigenvalue weighted by atomic mass is 10.2. The van der Waals surface area contributed by atoms with Crippen LogP contribution in [0.3, 0.4) is 0 Å². The number of hydrogen-bond donors (Lipinski definition) is 0. The number of nitrogens with zero attached hydrogens (tertiary/aromatic N) is 2. The Morgan fingerprint density at radius 3 is 2.83 bits per heavy atom. The first-order valence-electron chi connectivity index (χ1n) is 5.88. The highest BCUT2D eigenvalue weighted by atomic mass is 32.1. The van der Waals surface area contributed by atoms with E-state index in [1.807, 2.05) is 14.0 Å². The third-order valence-corrected chi connectivity index (χ3v) is 5.15. The summed E-state index contributed by atoms with van der Waals surface area (Å²) in [7, 11) is 2.03. The van der Waals surface area contributed by atoms with E-state index in [1.165, 1.54) is 16.2 Å². The van der Waals surface area contributed by atoms with Crippen molar-refractivity contribution in [2.75, 3.05) is 11.9 Å².